The summed E-state index contributed by atoms with van der Waals surface area (Å²) in [5, 5.41) is 3.40. The Morgan fingerprint density at radius 1 is 1.18 bits per heavy atom. The predicted molar refractivity (Wildman–Crippen MR) is 83.4 cm³/mol. The molecule has 0 saturated heterocycles. The van der Waals surface area contributed by atoms with Gasteiger partial charge < -0.3 is 19.5 Å². The van der Waals surface area contributed by atoms with E-state index in [-0.39, 0.29) is 18.1 Å². The number of methoxy groups -OCH3 is 3. The Morgan fingerprint density at radius 3 is 2.55 bits per heavy atom. The molecule has 0 unspecified atom stereocenters. The van der Waals surface area contributed by atoms with Crippen molar-refractivity contribution < 1.29 is 14.2 Å². The van der Waals surface area contributed by atoms with Crippen molar-refractivity contribution in [1.82, 2.24) is 9.97 Å². The number of anilines is 2. The monoisotopic (exact) mass is 325 g/mol. The van der Waals surface area contributed by atoms with Crippen LogP contribution < -0.4 is 20.3 Å². The van der Waals surface area contributed by atoms with E-state index in [9.17, 15) is 4.79 Å². The molecule has 0 saturated carbocycles. The number of aromatic amines is 1. The van der Waals surface area contributed by atoms with Crippen molar-refractivity contribution in [3.05, 3.63) is 39.3 Å². The van der Waals surface area contributed by atoms with E-state index in [0.29, 0.717) is 27.9 Å². The molecule has 0 aliphatic rings. The molecule has 0 bridgehead atoms. The fraction of sp³-hybridized carbons (Fsp3) is 0.286. The van der Waals surface area contributed by atoms with E-state index in [1.54, 1.807) is 12.1 Å². The Morgan fingerprint density at radius 2 is 1.91 bits per heavy atom. The third-order valence-corrected chi connectivity index (χ3v) is 3.11. The molecule has 1 aromatic heterocycles. The van der Waals surface area contributed by atoms with Crippen LogP contribution in [0, 0.1) is 0 Å². The van der Waals surface area contributed by atoms with Gasteiger partial charge in [-0.15, -0.1) is 0 Å². The Labute approximate surface area is 132 Å². The Bertz CT molecular complexity index is 718. The van der Waals surface area contributed by atoms with Crippen LogP contribution in [0.3, 0.4) is 0 Å². The minimum Gasteiger partial charge on any atom is -0.495 e. The summed E-state index contributed by atoms with van der Waals surface area (Å²) in [4.78, 5) is 18.5. The SMILES string of the molecule is COCc1cc(=O)[nH]c(Nc2cc(OC)c(Cl)cc2OC)n1. The van der Waals surface area contributed by atoms with Crippen molar-refractivity contribution in [3.8, 4) is 11.5 Å². The maximum absolute atomic E-state index is 11.6. The van der Waals surface area contributed by atoms with Gasteiger partial charge in [-0.2, -0.15) is 0 Å². The number of ether oxygens (including phenoxy) is 3. The number of nitrogens with one attached hydrogen (secondary N) is 2. The largest absolute Gasteiger partial charge is 0.495 e. The van der Waals surface area contributed by atoms with Gasteiger partial charge in [-0.1, -0.05) is 11.6 Å². The van der Waals surface area contributed by atoms with Crippen LogP contribution in [0.4, 0.5) is 11.6 Å². The summed E-state index contributed by atoms with van der Waals surface area (Å²) >= 11 is 6.05. The maximum atomic E-state index is 11.6. The molecular formula is C14H16ClN3O4. The molecule has 22 heavy (non-hydrogen) atoms. The van der Waals surface area contributed by atoms with Crippen LogP contribution in [0.15, 0.2) is 23.0 Å². The summed E-state index contributed by atoms with van der Waals surface area (Å²) in [6.45, 7) is 0.236. The van der Waals surface area contributed by atoms with Gasteiger partial charge in [0.05, 0.1) is 37.2 Å². The zero-order valence-corrected chi connectivity index (χ0v) is 13.2. The lowest BCUT2D eigenvalue weighted by Crippen LogP contribution is -2.12. The molecule has 0 fully saturated rings. The Kier molecular flexibility index (Phi) is 5.24. The third kappa shape index (κ3) is 3.69. The van der Waals surface area contributed by atoms with Crippen molar-refractivity contribution in [2.45, 2.75) is 6.61 Å². The van der Waals surface area contributed by atoms with E-state index in [1.165, 1.54) is 27.4 Å². The van der Waals surface area contributed by atoms with Crippen LogP contribution in [0.1, 0.15) is 5.69 Å². The smallest absolute Gasteiger partial charge is 0.252 e. The molecule has 0 radical (unpaired) electrons. The van der Waals surface area contributed by atoms with Gasteiger partial charge in [0.1, 0.15) is 11.5 Å². The molecule has 0 aliphatic carbocycles. The van der Waals surface area contributed by atoms with Crippen LogP contribution >= 0.6 is 11.6 Å². The lowest BCUT2D eigenvalue weighted by atomic mass is 10.2. The summed E-state index contributed by atoms with van der Waals surface area (Å²) in [6, 6.07) is 4.64. The molecule has 2 N–H and O–H groups in total. The molecule has 2 rings (SSSR count). The maximum Gasteiger partial charge on any atom is 0.252 e. The normalized spacial score (nSPS) is 10.4. The van der Waals surface area contributed by atoms with Crippen LogP contribution in [0.25, 0.3) is 0 Å². The molecule has 8 heteroatoms. The third-order valence-electron chi connectivity index (χ3n) is 2.81. The lowest BCUT2D eigenvalue weighted by molar-refractivity contribution is 0.181. The summed E-state index contributed by atoms with van der Waals surface area (Å²) < 4.78 is 15.4. The average Bonchev–Trinajstić information content (AvgIpc) is 2.48. The topological polar surface area (TPSA) is 85.5 Å². The van der Waals surface area contributed by atoms with E-state index in [2.05, 4.69) is 15.3 Å². The van der Waals surface area contributed by atoms with Crippen molar-refractivity contribution in [1.29, 1.82) is 0 Å². The van der Waals surface area contributed by atoms with Crippen molar-refractivity contribution in [2.24, 2.45) is 0 Å². The average molecular weight is 326 g/mol. The van der Waals surface area contributed by atoms with Crippen molar-refractivity contribution >= 4 is 23.2 Å². The number of hydrogen-bond donors (Lipinski definition) is 2. The number of hydrogen-bond acceptors (Lipinski definition) is 6. The molecule has 1 aromatic carbocycles. The second-order valence-electron chi connectivity index (χ2n) is 4.33. The van der Waals surface area contributed by atoms with E-state index in [4.69, 9.17) is 25.8 Å². The molecular weight excluding hydrogens is 310 g/mol. The van der Waals surface area contributed by atoms with Gasteiger partial charge in [-0.05, 0) is 0 Å². The molecule has 118 valence electrons. The fourth-order valence-electron chi connectivity index (χ4n) is 1.87. The number of aromatic nitrogens is 2. The summed E-state index contributed by atoms with van der Waals surface area (Å²) in [6.07, 6.45) is 0. The van der Waals surface area contributed by atoms with Crippen LogP contribution in [0.5, 0.6) is 11.5 Å². The summed E-state index contributed by atoms with van der Waals surface area (Å²) in [7, 11) is 4.56. The van der Waals surface area contributed by atoms with Gasteiger partial charge in [0.15, 0.2) is 0 Å². The van der Waals surface area contributed by atoms with E-state index >= 15 is 0 Å². The van der Waals surface area contributed by atoms with Gasteiger partial charge in [0, 0.05) is 25.3 Å². The van der Waals surface area contributed by atoms with E-state index < -0.39 is 0 Å². The first-order valence-corrected chi connectivity index (χ1v) is 6.73. The number of rotatable bonds is 6. The standard InChI is InChI=1S/C14H16ClN3O4/c1-20-7-8-4-13(19)18-14(16-8)17-10-6-11(21-2)9(15)5-12(10)22-3/h4-6H,7H2,1-3H3,(H2,16,17,18,19). The molecule has 0 atom stereocenters. The highest BCUT2D eigenvalue weighted by Crippen LogP contribution is 2.36. The van der Waals surface area contributed by atoms with E-state index in [1.807, 2.05) is 0 Å². The Balaban J connectivity index is 2.39. The first-order chi connectivity index (χ1) is 10.6. The second kappa shape index (κ2) is 7.15. The number of halogens is 1. The predicted octanol–water partition coefficient (Wildman–Crippen LogP) is 2.33. The van der Waals surface area contributed by atoms with Crippen LogP contribution in [-0.4, -0.2) is 31.3 Å². The van der Waals surface area contributed by atoms with Crippen LogP contribution in [-0.2, 0) is 11.3 Å². The first-order valence-electron chi connectivity index (χ1n) is 6.35. The molecule has 1 heterocycles. The highest BCUT2D eigenvalue weighted by molar-refractivity contribution is 6.32. The fourth-order valence-corrected chi connectivity index (χ4v) is 2.11. The van der Waals surface area contributed by atoms with Gasteiger partial charge >= 0.3 is 0 Å². The summed E-state index contributed by atoms with van der Waals surface area (Å²) in [5.74, 6) is 1.23. The molecule has 0 aliphatic heterocycles. The quantitative estimate of drug-likeness (QED) is 0.848. The van der Waals surface area contributed by atoms with Crippen LogP contribution in [0.2, 0.25) is 5.02 Å². The highest BCUT2D eigenvalue weighted by Gasteiger charge is 2.11. The van der Waals surface area contributed by atoms with Crippen molar-refractivity contribution in [3.63, 3.8) is 0 Å². The molecule has 0 amide bonds. The molecule has 0 spiro atoms. The number of benzene rings is 1. The van der Waals surface area contributed by atoms with Gasteiger partial charge in [-0.3, -0.25) is 9.78 Å². The zero-order valence-electron chi connectivity index (χ0n) is 12.4. The first kappa shape index (κ1) is 16.1. The zero-order chi connectivity index (χ0) is 16.1. The molecule has 2 aromatic rings. The number of nitrogens with zero attached hydrogens (tertiary/aromatic N) is 1. The van der Waals surface area contributed by atoms with E-state index in [0.717, 1.165) is 0 Å². The van der Waals surface area contributed by atoms with Crippen molar-refractivity contribution in [2.75, 3.05) is 26.6 Å². The summed E-state index contributed by atoms with van der Waals surface area (Å²) in [5.41, 5.74) is 0.777. The molecule has 7 nitrogen and oxygen atoms in total. The minimum absolute atomic E-state index is 0.236. The van der Waals surface area contributed by atoms with Gasteiger partial charge in [-0.25, -0.2) is 4.98 Å². The minimum atomic E-state index is -0.288. The second-order valence-corrected chi connectivity index (χ2v) is 4.74. The van der Waals surface area contributed by atoms with Gasteiger partial charge in [0.25, 0.3) is 5.56 Å². The highest BCUT2D eigenvalue weighted by atomic mass is 35.5. The lowest BCUT2D eigenvalue weighted by Gasteiger charge is -2.13. The number of H-pyrrole nitrogens is 1. The van der Waals surface area contributed by atoms with Gasteiger partial charge in [0.2, 0.25) is 5.95 Å². The Hall–Kier alpha value is -2.25.